The molecular formula is C22H17ClFNO5S. The lowest BCUT2D eigenvalue weighted by Gasteiger charge is -2.15. The number of aliphatic carboxylic acids is 1. The molecule has 0 aliphatic rings. The van der Waals surface area contributed by atoms with E-state index in [1.807, 2.05) is 30.3 Å². The van der Waals surface area contributed by atoms with Crippen molar-refractivity contribution >= 4 is 41.2 Å². The molecule has 0 fully saturated rings. The number of esters is 1. The van der Waals surface area contributed by atoms with Crippen molar-refractivity contribution in [3.8, 4) is 16.9 Å². The molecule has 0 spiro atoms. The maximum absolute atomic E-state index is 14.4. The Morgan fingerprint density at radius 3 is 2.52 bits per heavy atom. The highest BCUT2D eigenvalue weighted by Gasteiger charge is 2.18. The molecule has 31 heavy (non-hydrogen) atoms. The number of benzene rings is 3. The van der Waals surface area contributed by atoms with Gasteiger partial charge in [0.1, 0.15) is 5.82 Å². The van der Waals surface area contributed by atoms with E-state index >= 15 is 0 Å². The molecule has 0 amide bonds. The van der Waals surface area contributed by atoms with Crippen LogP contribution in [-0.4, -0.2) is 30.8 Å². The van der Waals surface area contributed by atoms with E-state index < -0.39 is 24.4 Å². The molecule has 0 saturated heterocycles. The molecule has 0 heterocycles. The van der Waals surface area contributed by atoms with Gasteiger partial charge in [0.2, 0.25) is 0 Å². The largest absolute Gasteiger partial charge is 0.479 e. The predicted octanol–water partition coefficient (Wildman–Crippen LogP) is 5.52. The lowest BCUT2D eigenvalue weighted by atomic mass is 10.1. The maximum atomic E-state index is 14.4. The Balaban J connectivity index is 1.91. The zero-order valence-electron chi connectivity index (χ0n) is 16.2. The van der Waals surface area contributed by atoms with Crippen LogP contribution in [0.3, 0.4) is 0 Å². The van der Waals surface area contributed by atoms with Crippen LogP contribution in [0, 0.1) is 5.82 Å². The number of hydrogen-bond donors (Lipinski definition) is 2. The zero-order chi connectivity index (χ0) is 22.4. The SMILES string of the molecule is COC(=O)c1cc(Cl)c(OCC(=O)O)c(SNc2cc(-c3ccccc3)ccc2F)c1. The van der Waals surface area contributed by atoms with Crippen LogP contribution in [0.15, 0.2) is 65.6 Å². The van der Waals surface area contributed by atoms with Gasteiger partial charge in [-0.2, -0.15) is 0 Å². The normalized spacial score (nSPS) is 10.4. The fraction of sp³-hybridized carbons (Fsp3) is 0.0909. The van der Waals surface area contributed by atoms with Gasteiger partial charge < -0.3 is 19.3 Å². The minimum atomic E-state index is -1.20. The zero-order valence-corrected chi connectivity index (χ0v) is 17.8. The minimum absolute atomic E-state index is 0.0203. The molecule has 3 aromatic carbocycles. The lowest BCUT2D eigenvalue weighted by molar-refractivity contribution is -0.139. The van der Waals surface area contributed by atoms with Crippen LogP contribution in [0.25, 0.3) is 11.1 Å². The average Bonchev–Trinajstić information content (AvgIpc) is 2.77. The van der Waals surface area contributed by atoms with Crippen LogP contribution in [-0.2, 0) is 9.53 Å². The molecule has 9 heteroatoms. The first-order valence-electron chi connectivity index (χ1n) is 8.93. The molecule has 3 aromatic rings. The Morgan fingerprint density at radius 1 is 1.10 bits per heavy atom. The summed E-state index contributed by atoms with van der Waals surface area (Å²) in [6, 6.07) is 16.8. The monoisotopic (exact) mass is 461 g/mol. The Bertz CT molecular complexity index is 1110. The molecule has 6 nitrogen and oxygen atoms in total. The Labute approximate surface area is 187 Å². The molecule has 0 aliphatic carbocycles. The summed E-state index contributed by atoms with van der Waals surface area (Å²) >= 11 is 7.12. The fourth-order valence-corrected chi connectivity index (χ4v) is 3.83. The Morgan fingerprint density at radius 2 is 1.84 bits per heavy atom. The van der Waals surface area contributed by atoms with Gasteiger partial charge in [0.25, 0.3) is 0 Å². The van der Waals surface area contributed by atoms with Gasteiger partial charge in [-0.05, 0) is 47.3 Å². The summed E-state index contributed by atoms with van der Waals surface area (Å²) in [5.41, 5.74) is 2.04. The summed E-state index contributed by atoms with van der Waals surface area (Å²) in [6.45, 7) is -0.636. The second kappa shape index (κ2) is 10.2. The average molecular weight is 462 g/mol. The molecule has 160 valence electrons. The van der Waals surface area contributed by atoms with Crippen molar-refractivity contribution in [1.82, 2.24) is 0 Å². The topological polar surface area (TPSA) is 84.9 Å². The first kappa shape index (κ1) is 22.5. The van der Waals surface area contributed by atoms with E-state index in [2.05, 4.69) is 4.72 Å². The van der Waals surface area contributed by atoms with Gasteiger partial charge in [-0.15, -0.1) is 0 Å². The van der Waals surface area contributed by atoms with Gasteiger partial charge in [0.15, 0.2) is 12.4 Å². The summed E-state index contributed by atoms with van der Waals surface area (Å²) < 4.78 is 27.3. The van der Waals surface area contributed by atoms with Crippen LogP contribution >= 0.6 is 23.5 Å². The van der Waals surface area contributed by atoms with Gasteiger partial charge in [-0.25, -0.2) is 14.0 Å². The highest BCUT2D eigenvalue weighted by molar-refractivity contribution is 8.00. The second-order valence-corrected chi connectivity index (χ2v) is 7.48. The first-order valence-corrected chi connectivity index (χ1v) is 10.1. The number of carbonyl (C=O) groups excluding carboxylic acids is 1. The van der Waals surface area contributed by atoms with Gasteiger partial charge in [-0.1, -0.05) is 48.0 Å². The highest BCUT2D eigenvalue weighted by atomic mass is 35.5. The van der Waals surface area contributed by atoms with E-state index in [4.69, 9.17) is 26.2 Å². The molecule has 0 atom stereocenters. The fourth-order valence-electron chi connectivity index (χ4n) is 2.68. The predicted molar refractivity (Wildman–Crippen MR) is 117 cm³/mol. The van der Waals surface area contributed by atoms with Gasteiger partial charge >= 0.3 is 11.9 Å². The van der Waals surface area contributed by atoms with Crippen LogP contribution in [0.4, 0.5) is 10.1 Å². The second-order valence-electron chi connectivity index (χ2n) is 6.22. The van der Waals surface area contributed by atoms with Crippen molar-refractivity contribution in [2.24, 2.45) is 0 Å². The van der Waals surface area contributed by atoms with E-state index in [0.717, 1.165) is 23.1 Å². The van der Waals surface area contributed by atoms with Crippen LogP contribution in [0.5, 0.6) is 5.75 Å². The lowest BCUT2D eigenvalue weighted by Crippen LogP contribution is -2.11. The number of carbonyl (C=O) groups is 2. The van der Waals surface area contributed by atoms with E-state index in [0.29, 0.717) is 4.90 Å². The smallest absolute Gasteiger partial charge is 0.341 e. The van der Waals surface area contributed by atoms with E-state index in [9.17, 15) is 14.0 Å². The number of carboxylic acids is 1. The number of rotatable bonds is 8. The third kappa shape index (κ3) is 5.68. The number of anilines is 1. The number of ether oxygens (including phenoxy) is 2. The third-order valence-electron chi connectivity index (χ3n) is 4.12. The van der Waals surface area contributed by atoms with Crippen molar-refractivity contribution < 1.29 is 28.6 Å². The van der Waals surface area contributed by atoms with Crippen molar-refractivity contribution in [3.05, 3.63) is 77.1 Å². The van der Waals surface area contributed by atoms with Crippen molar-refractivity contribution in [2.75, 3.05) is 18.4 Å². The van der Waals surface area contributed by atoms with Gasteiger partial charge in [0.05, 0.1) is 28.3 Å². The molecular weight excluding hydrogens is 445 g/mol. The summed E-state index contributed by atoms with van der Waals surface area (Å²) in [7, 11) is 1.22. The van der Waals surface area contributed by atoms with Crippen LogP contribution in [0.2, 0.25) is 5.02 Å². The quantitative estimate of drug-likeness (QED) is 0.337. The van der Waals surface area contributed by atoms with Crippen molar-refractivity contribution in [2.45, 2.75) is 4.90 Å². The summed E-state index contributed by atoms with van der Waals surface area (Å²) in [5, 5.41) is 8.93. The minimum Gasteiger partial charge on any atom is -0.479 e. The van der Waals surface area contributed by atoms with E-state index in [1.165, 1.54) is 25.3 Å². The number of hydrogen-bond acceptors (Lipinski definition) is 6. The number of carboxylic acid groups (broad SMARTS) is 1. The summed E-state index contributed by atoms with van der Waals surface area (Å²) in [5.74, 6) is -2.27. The van der Waals surface area contributed by atoms with Crippen molar-refractivity contribution in [1.29, 1.82) is 0 Å². The Kier molecular flexibility index (Phi) is 7.38. The summed E-state index contributed by atoms with van der Waals surface area (Å²) in [4.78, 5) is 23.1. The number of methoxy groups -OCH3 is 1. The van der Waals surface area contributed by atoms with E-state index in [-0.39, 0.29) is 22.0 Å². The van der Waals surface area contributed by atoms with Gasteiger partial charge in [0, 0.05) is 0 Å². The molecule has 0 aromatic heterocycles. The Hall–Kier alpha value is -3.23. The molecule has 0 bridgehead atoms. The first-order chi connectivity index (χ1) is 14.9. The maximum Gasteiger partial charge on any atom is 0.341 e. The molecule has 2 N–H and O–H groups in total. The molecule has 0 saturated carbocycles. The molecule has 0 radical (unpaired) electrons. The third-order valence-corrected chi connectivity index (χ3v) is 5.24. The van der Waals surface area contributed by atoms with E-state index in [1.54, 1.807) is 12.1 Å². The molecule has 3 rings (SSSR count). The number of nitrogens with one attached hydrogen (secondary N) is 1. The molecule has 0 unspecified atom stereocenters. The molecule has 0 aliphatic heterocycles. The van der Waals surface area contributed by atoms with Crippen LogP contribution in [0.1, 0.15) is 10.4 Å². The highest BCUT2D eigenvalue weighted by Crippen LogP contribution is 2.38. The summed E-state index contributed by atoms with van der Waals surface area (Å²) in [6.07, 6.45) is 0. The number of halogens is 2. The van der Waals surface area contributed by atoms with Crippen molar-refractivity contribution in [3.63, 3.8) is 0 Å². The van der Waals surface area contributed by atoms with Gasteiger partial charge in [-0.3, -0.25) is 0 Å². The standard InChI is InChI=1S/C22H17ClFNO5S/c1-29-22(28)15-9-16(23)21(30-12-20(26)27)19(11-15)31-25-18-10-14(7-8-17(18)24)13-5-3-2-4-6-13/h2-11,25H,12H2,1H3,(H,26,27). The van der Waals surface area contributed by atoms with Crippen LogP contribution < -0.4 is 9.46 Å².